The largest absolute Gasteiger partial charge is 0.352 e. The van der Waals surface area contributed by atoms with E-state index in [-0.39, 0.29) is 5.91 Å². The molecule has 1 aromatic carbocycles. The average molecular weight is 347 g/mol. The van der Waals surface area contributed by atoms with E-state index in [1.54, 1.807) is 12.1 Å². The number of pyridine rings is 1. The van der Waals surface area contributed by atoms with Crippen molar-refractivity contribution in [3.05, 3.63) is 66.1 Å². The molecule has 1 N–H and O–H groups in total. The lowest BCUT2D eigenvalue weighted by molar-refractivity contribution is 0.0954. The van der Waals surface area contributed by atoms with Gasteiger partial charge in [-0.1, -0.05) is 17.8 Å². The molecule has 7 heteroatoms. The number of benzene rings is 1. The first kappa shape index (κ1) is 16.4. The van der Waals surface area contributed by atoms with E-state index in [0.717, 1.165) is 11.3 Å². The van der Waals surface area contributed by atoms with E-state index in [0.29, 0.717) is 35.2 Å². The summed E-state index contributed by atoms with van der Waals surface area (Å²) in [4.78, 5) is 16.9. The molecule has 0 aliphatic heterocycles. The van der Waals surface area contributed by atoms with E-state index in [9.17, 15) is 13.6 Å². The van der Waals surface area contributed by atoms with Crippen LogP contribution in [0.15, 0.2) is 59.8 Å². The Hall–Kier alpha value is -2.41. The zero-order chi connectivity index (χ0) is 16.9. The van der Waals surface area contributed by atoms with E-state index in [4.69, 9.17) is 0 Å². The summed E-state index contributed by atoms with van der Waals surface area (Å²) in [7, 11) is 0. The minimum atomic E-state index is -2.46. The Morgan fingerprint density at radius 1 is 1.21 bits per heavy atom. The number of hydrogen-bond acceptors (Lipinski definition) is 3. The Balaban J connectivity index is 1.53. The fourth-order valence-corrected chi connectivity index (χ4v) is 2.80. The fraction of sp³-hybridized carbons (Fsp3) is 0.176. The van der Waals surface area contributed by atoms with Gasteiger partial charge in [-0.05, 0) is 36.4 Å². The maximum atomic E-state index is 12.3. The van der Waals surface area contributed by atoms with Crippen molar-refractivity contribution in [2.75, 3.05) is 6.54 Å². The monoisotopic (exact) mass is 347 g/mol. The Morgan fingerprint density at radius 2 is 2.00 bits per heavy atom. The maximum absolute atomic E-state index is 12.3. The van der Waals surface area contributed by atoms with Crippen molar-refractivity contribution in [3.8, 4) is 0 Å². The van der Waals surface area contributed by atoms with Crippen LogP contribution in [0, 0.1) is 0 Å². The van der Waals surface area contributed by atoms with Crippen molar-refractivity contribution < 1.29 is 13.6 Å². The first-order chi connectivity index (χ1) is 11.6. The number of carbonyl (C=O) groups excluding carboxylic acids is 1. The predicted molar refractivity (Wildman–Crippen MR) is 89.5 cm³/mol. The molecule has 2 aromatic heterocycles. The second kappa shape index (κ2) is 7.44. The summed E-state index contributed by atoms with van der Waals surface area (Å²) in [6.07, 6.45) is 4.47. The van der Waals surface area contributed by atoms with Gasteiger partial charge in [0.25, 0.3) is 11.7 Å². The number of thioether (sulfide) groups is 1. The fourth-order valence-electron chi connectivity index (χ4n) is 2.30. The lowest BCUT2D eigenvalue weighted by Gasteiger charge is -2.05. The molecule has 0 atom stereocenters. The number of nitrogens with zero attached hydrogens (tertiary/aromatic N) is 2. The zero-order valence-electron chi connectivity index (χ0n) is 12.7. The van der Waals surface area contributed by atoms with Gasteiger partial charge in [0.05, 0.1) is 5.69 Å². The van der Waals surface area contributed by atoms with Gasteiger partial charge < -0.3 is 9.72 Å². The summed E-state index contributed by atoms with van der Waals surface area (Å²) in [5.74, 6) is -2.69. The van der Waals surface area contributed by atoms with Crippen LogP contribution < -0.4 is 5.32 Å². The molecule has 0 bridgehead atoms. The number of rotatable bonds is 6. The number of amides is 1. The van der Waals surface area contributed by atoms with Gasteiger partial charge in [-0.3, -0.25) is 4.79 Å². The molecule has 0 unspecified atom stereocenters. The number of alkyl halides is 2. The van der Waals surface area contributed by atoms with Crippen LogP contribution in [0.5, 0.6) is 0 Å². The number of hydrogen-bond donors (Lipinski definition) is 1. The quantitative estimate of drug-likeness (QED) is 0.693. The lowest BCUT2D eigenvalue weighted by Crippen LogP contribution is -2.25. The van der Waals surface area contributed by atoms with Crippen LogP contribution in [0.4, 0.5) is 8.78 Å². The molecule has 0 spiro atoms. The highest BCUT2D eigenvalue weighted by atomic mass is 32.2. The molecule has 4 nitrogen and oxygen atoms in total. The van der Waals surface area contributed by atoms with Gasteiger partial charge in [0.2, 0.25) is 0 Å². The van der Waals surface area contributed by atoms with Crippen molar-refractivity contribution >= 4 is 23.3 Å². The van der Waals surface area contributed by atoms with Crippen LogP contribution in [0.2, 0.25) is 0 Å². The van der Waals surface area contributed by atoms with Gasteiger partial charge in [-0.15, -0.1) is 0 Å². The van der Waals surface area contributed by atoms with Crippen LogP contribution in [0.1, 0.15) is 16.1 Å². The van der Waals surface area contributed by atoms with Gasteiger partial charge >= 0.3 is 0 Å². The summed E-state index contributed by atoms with van der Waals surface area (Å²) in [6.45, 7) is 0.455. The van der Waals surface area contributed by atoms with Crippen LogP contribution in [0.3, 0.4) is 0 Å². The standard InChI is InChI=1S/C17H15F2N3OS/c18-17(19)24-14-6-4-12(5-7-14)16(23)20-9-8-13-11-22-10-2-1-3-15(22)21-13/h1-7,10-11,17H,8-9H2,(H,20,23). The topological polar surface area (TPSA) is 46.4 Å². The van der Waals surface area contributed by atoms with Gasteiger partial charge in [0, 0.05) is 35.8 Å². The molecule has 0 saturated carbocycles. The Labute approximate surface area is 141 Å². The zero-order valence-corrected chi connectivity index (χ0v) is 13.5. The van der Waals surface area contributed by atoms with Gasteiger partial charge in [-0.25, -0.2) is 4.98 Å². The summed E-state index contributed by atoms with van der Waals surface area (Å²) in [5, 5.41) is 2.81. The number of carbonyl (C=O) groups is 1. The number of nitrogens with one attached hydrogen (secondary N) is 1. The molecule has 0 aliphatic rings. The maximum Gasteiger partial charge on any atom is 0.288 e. The molecule has 24 heavy (non-hydrogen) atoms. The Bertz CT molecular complexity index is 800. The van der Waals surface area contributed by atoms with E-state index in [1.165, 1.54) is 12.1 Å². The van der Waals surface area contributed by atoms with Crippen molar-refractivity contribution in [2.45, 2.75) is 17.1 Å². The number of aromatic nitrogens is 2. The second-order valence-electron chi connectivity index (χ2n) is 5.11. The number of imidazole rings is 1. The normalized spacial score (nSPS) is 11.1. The first-order valence-corrected chi connectivity index (χ1v) is 8.25. The number of halogens is 2. The molecule has 0 aliphatic carbocycles. The highest BCUT2D eigenvalue weighted by molar-refractivity contribution is 7.99. The SMILES string of the molecule is O=C(NCCc1cn2ccccc2n1)c1ccc(SC(F)F)cc1. The van der Waals surface area contributed by atoms with Gasteiger partial charge in [-0.2, -0.15) is 8.78 Å². The minimum absolute atomic E-state index is 0.229. The van der Waals surface area contributed by atoms with Gasteiger partial charge in [0.1, 0.15) is 5.65 Å². The van der Waals surface area contributed by atoms with Crippen molar-refractivity contribution in [2.24, 2.45) is 0 Å². The van der Waals surface area contributed by atoms with Crippen molar-refractivity contribution in [1.29, 1.82) is 0 Å². The van der Waals surface area contributed by atoms with E-state index in [1.807, 2.05) is 35.0 Å². The lowest BCUT2D eigenvalue weighted by atomic mass is 10.2. The number of fused-ring (bicyclic) bond motifs is 1. The van der Waals surface area contributed by atoms with E-state index >= 15 is 0 Å². The highest BCUT2D eigenvalue weighted by Gasteiger charge is 2.08. The first-order valence-electron chi connectivity index (χ1n) is 7.37. The molecule has 124 valence electrons. The summed E-state index contributed by atoms with van der Waals surface area (Å²) >= 11 is 0.460. The molecule has 0 saturated heterocycles. The van der Waals surface area contributed by atoms with Crippen molar-refractivity contribution in [3.63, 3.8) is 0 Å². The molecular formula is C17H15F2N3OS. The summed E-state index contributed by atoms with van der Waals surface area (Å²) in [5.41, 5.74) is 2.21. The molecule has 0 fully saturated rings. The van der Waals surface area contributed by atoms with Crippen LogP contribution in [-0.2, 0) is 6.42 Å². The smallest absolute Gasteiger partial charge is 0.288 e. The highest BCUT2D eigenvalue weighted by Crippen LogP contribution is 2.25. The molecule has 1 amide bonds. The molecule has 2 heterocycles. The molecule has 3 aromatic rings. The molecule has 0 radical (unpaired) electrons. The predicted octanol–water partition coefficient (Wildman–Crippen LogP) is 3.62. The van der Waals surface area contributed by atoms with Crippen LogP contribution in [-0.4, -0.2) is 27.6 Å². The third kappa shape index (κ3) is 4.11. The third-order valence-electron chi connectivity index (χ3n) is 3.42. The molecule has 3 rings (SSSR count). The average Bonchev–Trinajstić information content (AvgIpc) is 2.97. The van der Waals surface area contributed by atoms with E-state index in [2.05, 4.69) is 10.3 Å². The third-order valence-corrected chi connectivity index (χ3v) is 4.14. The summed E-state index contributed by atoms with van der Waals surface area (Å²) in [6, 6.07) is 11.9. The Morgan fingerprint density at radius 3 is 2.71 bits per heavy atom. The van der Waals surface area contributed by atoms with Gasteiger partial charge in [0.15, 0.2) is 0 Å². The van der Waals surface area contributed by atoms with Crippen molar-refractivity contribution in [1.82, 2.24) is 14.7 Å². The minimum Gasteiger partial charge on any atom is -0.352 e. The Kier molecular flexibility index (Phi) is 5.10. The van der Waals surface area contributed by atoms with Crippen LogP contribution >= 0.6 is 11.8 Å². The van der Waals surface area contributed by atoms with E-state index < -0.39 is 5.76 Å². The van der Waals surface area contributed by atoms with Crippen LogP contribution in [0.25, 0.3) is 5.65 Å². The summed E-state index contributed by atoms with van der Waals surface area (Å²) < 4.78 is 26.4. The second-order valence-corrected chi connectivity index (χ2v) is 6.17. The molecular weight excluding hydrogens is 332 g/mol.